The van der Waals surface area contributed by atoms with Crippen LogP contribution in [0.5, 0.6) is 0 Å². The number of carbonyl (C=O) groups is 4. The average Bonchev–Trinajstić information content (AvgIpc) is 2.88. The Bertz CT molecular complexity index is 1500. The zero-order valence-corrected chi connectivity index (χ0v) is 26.7. The van der Waals surface area contributed by atoms with Gasteiger partial charge in [-0.25, -0.2) is 9.78 Å². The van der Waals surface area contributed by atoms with Crippen LogP contribution in [0.4, 0.5) is 27.7 Å². The summed E-state index contributed by atoms with van der Waals surface area (Å²) in [6.45, 7) is 12.0. The van der Waals surface area contributed by atoms with Crippen molar-refractivity contribution in [3.8, 4) is 0 Å². The fourth-order valence-corrected chi connectivity index (χ4v) is 4.32. The van der Waals surface area contributed by atoms with E-state index in [2.05, 4.69) is 36.2 Å². The first kappa shape index (κ1) is 34.7. The Balaban J connectivity index is 1.67. The van der Waals surface area contributed by atoms with Crippen LogP contribution in [0.2, 0.25) is 0 Å². The molecule has 2 amide bonds. The van der Waals surface area contributed by atoms with Gasteiger partial charge in [0, 0.05) is 33.5 Å². The summed E-state index contributed by atoms with van der Waals surface area (Å²) >= 11 is 0. The molecule has 1 unspecified atom stereocenters. The molecule has 0 radical (unpaired) electrons. The zero-order valence-electron chi connectivity index (χ0n) is 26.7. The second kappa shape index (κ2) is 13.9. The highest BCUT2D eigenvalue weighted by Crippen LogP contribution is 2.25. The predicted octanol–water partition coefficient (Wildman–Crippen LogP) is 2.17. The van der Waals surface area contributed by atoms with E-state index in [4.69, 9.17) is 9.47 Å². The standard InChI is InChI=1S/C29H41FN8O7/c1-15(39)33-27-36-23-21(25(42)37-27)38(8)16(14-32-23)13-31-19-11-9-17(22(30)35-19)24(41)34-18(26(43)45-29(5,6)7)10-12-20(40)44-28(2,3)4/h9,11,16,18H,10,12-14H2,1-8H3,(H,31,35)(H,34,41)(H3,32,33,36,37,39,42)/t16?,18-/m0/s1/i30-1. The Hall–Kier alpha value is -4.76. The van der Waals surface area contributed by atoms with E-state index in [1.54, 1.807) is 53.5 Å². The number of aromatic amines is 1. The Labute approximate surface area is 260 Å². The quantitative estimate of drug-likeness (QED) is 0.190. The van der Waals surface area contributed by atoms with Gasteiger partial charge in [-0.15, -0.1) is 0 Å². The Morgan fingerprint density at radius 3 is 2.36 bits per heavy atom. The summed E-state index contributed by atoms with van der Waals surface area (Å²) in [5.41, 5.74) is -2.20. The maximum absolute atomic E-state index is 15.0. The van der Waals surface area contributed by atoms with Crippen molar-refractivity contribution in [2.45, 2.75) is 84.6 Å². The van der Waals surface area contributed by atoms with Crippen LogP contribution in [0.1, 0.15) is 71.7 Å². The largest absolute Gasteiger partial charge is 0.460 e. The number of amides is 2. The molecule has 246 valence electrons. The van der Waals surface area contributed by atoms with Crippen LogP contribution in [0.15, 0.2) is 16.9 Å². The van der Waals surface area contributed by atoms with Crippen LogP contribution in [0.3, 0.4) is 0 Å². The van der Waals surface area contributed by atoms with E-state index >= 15 is 4.39 Å². The number of likely N-dealkylation sites (N-methyl/N-ethyl adjacent to an activating group) is 1. The number of aromatic nitrogens is 3. The molecule has 16 heteroatoms. The fraction of sp³-hybridized carbons (Fsp3) is 0.552. The maximum atomic E-state index is 15.0. The first-order valence-corrected chi connectivity index (χ1v) is 14.4. The SMILES string of the molecule is CC(=O)Nc1nc2c(c(=O)[nH]1)N(C)C(CNc1ccc(C(=O)N[C@@H](CCC(=O)OC(C)(C)C)C(=O)OC(C)(C)C)c([18F])n1)CN2. The lowest BCUT2D eigenvalue weighted by Gasteiger charge is -2.35. The molecule has 3 heterocycles. The van der Waals surface area contributed by atoms with Crippen molar-refractivity contribution >= 4 is 47.0 Å². The Morgan fingerprint density at radius 1 is 1.09 bits per heavy atom. The third kappa shape index (κ3) is 10.1. The van der Waals surface area contributed by atoms with E-state index in [1.807, 2.05) is 0 Å². The molecule has 0 saturated carbocycles. The van der Waals surface area contributed by atoms with E-state index in [9.17, 15) is 24.0 Å². The van der Waals surface area contributed by atoms with Gasteiger partial charge in [-0.3, -0.25) is 29.5 Å². The summed E-state index contributed by atoms with van der Waals surface area (Å²) in [5.74, 6) is -3.27. The highest BCUT2D eigenvalue weighted by atomic mass is 18.2. The number of halogens is 1. The number of carbonyl (C=O) groups excluding carboxylic acids is 4. The average molecular weight is 632 g/mol. The predicted molar refractivity (Wildman–Crippen MR) is 165 cm³/mol. The summed E-state index contributed by atoms with van der Waals surface area (Å²) in [4.78, 5) is 74.3. The summed E-state index contributed by atoms with van der Waals surface area (Å²) in [5, 5.41) is 10.9. The van der Waals surface area contributed by atoms with Gasteiger partial charge in [0.05, 0.1) is 11.6 Å². The normalized spacial score (nSPS) is 15.2. The van der Waals surface area contributed by atoms with E-state index in [0.717, 1.165) is 0 Å². The van der Waals surface area contributed by atoms with Gasteiger partial charge in [-0.2, -0.15) is 9.37 Å². The van der Waals surface area contributed by atoms with Crippen LogP contribution in [0, 0.1) is 5.95 Å². The molecular weight excluding hydrogens is 590 g/mol. The zero-order chi connectivity index (χ0) is 33.7. The van der Waals surface area contributed by atoms with Gasteiger partial charge >= 0.3 is 11.9 Å². The molecule has 0 fully saturated rings. The summed E-state index contributed by atoms with van der Waals surface area (Å²) < 4.78 is 25.7. The molecule has 0 aliphatic carbocycles. The Kier molecular flexibility index (Phi) is 10.7. The highest BCUT2D eigenvalue weighted by molar-refractivity contribution is 5.97. The fourth-order valence-electron chi connectivity index (χ4n) is 4.32. The minimum Gasteiger partial charge on any atom is -0.460 e. The number of esters is 2. The molecule has 0 bridgehead atoms. The summed E-state index contributed by atoms with van der Waals surface area (Å²) in [6, 6.07) is 1.10. The highest BCUT2D eigenvalue weighted by Gasteiger charge is 2.30. The van der Waals surface area contributed by atoms with Crippen LogP contribution < -0.4 is 31.7 Å². The molecule has 1 aliphatic rings. The first-order valence-electron chi connectivity index (χ1n) is 14.4. The molecule has 2 aromatic rings. The van der Waals surface area contributed by atoms with E-state index in [0.29, 0.717) is 12.4 Å². The smallest absolute Gasteiger partial charge is 0.329 e. The minimum atomic E-state index is -1.24. The monoisotopic (exact) mass is 631 g/mol. The second-order valence-electron chi connectivity index (χ2n) is 12.5. The lowest BCUT2D eigenvalue weighted by molar-refractivity contribution is -0.158. The molecule has 0 spiro atoms. The van der Waals surface area contributed by atoms with Gasteiger partial charge in [0.15, 0.2) is 5.82 Å². The molecule has 15 nitrogen and oxygen atoms in total. The molecule has 1 aliphatic heterocycles. The number of hydrogen-bond donors (Lipinski definition) is 5. The number of fused-ring (bicyclic) bond motifs is 1. The van der Waals surface area contributed by atoms with Gasteiger partial charge in [0.25, 0.3) is 11.5 Å². The number of nitrogens with one attached hydrogen (secondary N) is 5. The van der Waals surface area contributed by atoms with Gasteiger partial charge in [0.1, 0.15) is 28.7 Å². The summed E-state index contributed by atoms with van der Waals surface area (Å²) in [6.07, 6.45) is -0.304. The lowest BCUT2D eigenvalue weighted by Crippen LogP contribution is -2.48. The number of hydrogen-bond acceptors (Lipinski definition) is 12. The molecule has 3 rings (SSSR count). The number of rotatable bonds is 10. The van der Waals surface area contributed by atoms with Crippen LogP contribution in [-0.2, 0) is 23.9 Å². The van der Waals surface area contributed by atoms with E-state index in [-0.39, 0.29) is 48.8 Å². The topological polar surface area (TPSA) is 197 Å². The van der Waals surface area contributed by atoms with Crippen molar-refractivity contribution in [3.05, 3.63) is 34.0 Å². The minimum absolute atomic E-state index is 0.0213. The number of H-pyrrole nitrogens is 1. The van der Waals surface area contributed by atoms with Crippen molar-refractivity contribution in [3.63, 3.8) is 0 Å². The van der Waals surface area contributed by atoms with Crippen molar-refractivity contribution < 1.29 is 33.0 Å². The van der Waals surface area contributed by atoms with Crippen molar-refractivity contribution in [1.29, 1.82) is 0 Å². The van der Waals surface area contributed by atoms with Gasteiger partial charge < -0.3 is 30.3 Å². The number of nitrogens with zero attached hydrogens (tertiary/aromatic N) is 3. The van der Waals surface area contributed by atoms with Gasteiger partial charge in [-0.1, -0.05) is 0 Å². The summed E-state index contributed by atoms with van der Waals surface area (Å²) in [7, 11) is 1.70. The van der Waals surface area contributed by atoms with E-state index in [1.165, 1.54) is 19.1 Å². The van der Waals surface area contributed by atoms with Crippen LogP contribution >= 0.6 is 0 Å². The molecular formula is C29H41FN8O7. The van der Waals surface area contributed by atoms with Crippen molar-refractivity contribution in [2.75, 3.05) is 41.0 Å². The third-order valence-corrected chi connectivity index (χ3v) is 6.26. The number of pyridine rings is 1. The van der Waals surface area contributed by atoms with Crippen LogP contribution in [0.25, 0.3) is 0 Å². The Morgan fingerprint density at radius 2 is 1.76 bits per heavy atom. The number of anilines is 4. The molecule has 0 saturated heterocycles. The first-order chi connectivity index (χ1) is 20.8. The number of ether oxygens (including phenoxy) is 2. The molecule has 0 aromatic carbocycles. The van der Waals surface area contributed by atoms with Gasteiger partial charge in [0.2, 0.25) is 17.8 Å². The van der Waals surface area contributed by atoms with Gasteiger partial charge in [-0.05, 0) is 60.1 Å². The van der Waals surface area contributed by atoms with Crippen molar-refractivity contribution in [1.82, 2.24) is 20.3 Å². The maximum Gasteiger partial charge on any atom is 0.329 e. The molecule has 5 N–H and O–H groups in total. The third-order valence-electron chi connectivity index (χ3n) is 6.26. The van der Waals surface area contributed by atoms with E-state index < -0.39 is 52.2 Å². The molecule has 2 aromatic heterocycles. The lowest BCUT2D eigenvalue weighted by atomic mass is 10.1. The molecule has 2 atom stereocenters. The van der Waals surface area contributed by atoms with Crippen molar-refractivity contribution in [2.24, 2.45) is 0 Å². The second-order valence-corrected chi connectivity index (χ2v) is 12.5. The molecule has 45 heavy (non-hydrogen) atoms. The van der Waals surface area contributed by atoms with Crippen LogP contribution in [-0.4, -0.2) is 82.1 Å².